The first-order chi connectivity index (χ1) is 10.6. The number of halogens is 3. The summed E-state index contributed by atoms with van der Waals surface area (Å²) >= 11 is 0. The van der Waals surface area contributed by atoms with Crippen molar-refractivity contribution in [2.75, 3.05) is 6.54 Å². The van der Waals surface area contributed by atoms with E-state index in [1.807, 2.05) is 0 Å². The summed E-state index contributed by atoms with van der Waals surface area (Å²) in [5.41, 5.74) is -2.07. The maximum Gasteiger partial charge on any atom is 0.417 e. The Bertz CT molecular complexity index is 783. The summed E-state index contributed by atoms with van der Waals surface area (Å²) in [6.45, 7) is -0.0827. The summed E-state index contributed by atoms with van der Waals surface area (Å²) in [6, 6.07) is 2.06. The molecule has 0 unspecified atom stereocenters. The zero-order valence-electron chi connectivity index (χ0n) is 11.5. The SMILES string of the molecule is N#Cc1ccc(S(=O)(=O)N2CCC[C@@H]2C(=O)O)cc1C(F)(F)F. The summed E-state index contributed by atoms with van der Waals surface area (Å²) in [5, 5.41) is 17.7. The van der Waals surface area contributed by atoms with Crippen molar-refractivity contribution in [1.29, 1.82) is 5.26 Å². The molecule has 1 aliphatic heterocycles. The fraction of sp³-hybridized carbons (Fsp3) is 0.385. The van der Waals surface area contributed by atoms with Crippen LogP contribution < -0.4 is 0 Å². The molecule has 1 aliphatic rings. The Balaban J connectivity index is 2.53. The molecule has 1 saturated heterocycles. The number of carbonyl (C=O) groups is 1. The molecule has 0 radical (unpaired) electrons. The number of carboxylic acids is 1. The average Bonchev–Trinajstić information content (AvgIpc) is 2.96. The Morgan fingerprint density at radius 1 is 1.39 bits per heavy atom. The molecule has 0 aromatic heterocycles. The summed E-state index contributed by atoms with van der Waals surface area (Å²) in [5.74, 6) is -1.35. The highest BCUT2D eigenvalue weighted by molar-refractivity contribution is 7.89. The van der Waals surface area contributed by atoms with Gasteiger partial charge in [0.25, 0.3) is 0 Å². The average molecular weight is 348 g/mol. The Morgan fingerprint density at radius 3 is 2.57 bits per heavy atom. The van der Waals surface area contributed by atoms with Gasteiger partial charge < -0.3 is 5.11 Å². The monoisotopic (exact) mass is 348 g/mol. The van der Waals surface area contributed by atoms with E-state index in [0.717, 1.165) is 12.1 Å². The molecule has 1 aromatic rings. The quantitative estimate of drug-likeness (QED) is 0.898. The molecular formula is C13H11F3N2O4S. The summed E-state index contributed by atoms with van der Waals surface area (Å²) < 4.78 is 64.4. The third-order valence-electron chi connectivity index (χ3n) is 3.51. The molecule has 1 aromatic carbocycles. The predicted octanol–water partition coefficient (Wildman–Crippen LogP) is 1.81. The number of benzene rings is 1. The first-order valence-electron chi connectivity index (χ1n) is 6.45. The van der Waals surface area contributed by atoms with Crippen molar-refractivity contribution in [3.8, 4) is 6.07 Å². The number of alkyl halides is 3. The number of sulfonamides is 1. The molecule has 1 heterocycles. The highest BCUT2D eigenvalue weighted by atomic mass is 32.2. The van der Waals surface area contributed by atoms with Crippen molar-refractivity contribution in [3.63, 3.8) is 0 Å². The standard InChI is InChI=1S/C13H11F3N2O4S/c14-13(15,16)10-6-9(4-3-8(10)7-17)23(21,22)18-5-1-2-11(18)12(19)20/h3-4,6,11H,1-2,5H2,(H,19,20)/t11-/m1/s1. The first-order valence-corrected chi connectivity index (χ1v) is 7.89. The van der Waals surface area contributed by atoms with Gasteiger partial charge in [-0.2, -0.15) is 22.7 Å². The minimum Gasteiger partial charge on any atom is -0.480 e. The van der Waals surface area contributed by atoms with Crippen LogP contribution in [0, 0.1) is 11.3 Å². The van der Waals surface area contributed by atoms with Gasteiger partial charge in [0.1, 0.15) is 6.04 Å². The van der Waals surface area contributed by atoms with Crippen LogP contribution in [0.4, 0.5) is 13.2 Å². The molecule has 10 heteroatoms. The smallest absolute Gasteiger partial charge is 0.417 e. The number of carboxylic acid groups (broad SMARTS) is 1. The second-order valence-corrected chi connectivity index (χ2v) is 6.82. The van der Waals surface area contributed by atoms with Gasteiger partial charge in [-0.25, -0.2) is 8.42 Å². The van der Waals surface area contributed by atoms with Gasteiger partial charge in [-0.3, -0.25) is 4.79 Å². The van der Waals surface area contributed by atoms with E-state index in [-0.39, 0.29) is 13.0 Å². The number of aliphatic carboxylic acids is 1. The molecule has 0 aliphatic carbocycles. The van der Waals surface area contributed by atoms with E-state index in [1.54, 1.807) is 0 Å². The van der Waals surface area contributed by atoms with Crippen molar-refractivity contribution in [2.24, 2.45) is 0 Å². The Morgan fingerprint density at radius 2 is 2.04 bits per heavy atom. The minimum atomic E-state index is -4.90. The van der Waals surface area contributed by atoms with Gasteiger partial charge in [0.05, 0.1) is 22.1 Å². The lowest BCUT2D eigenvalue weighted by molar-refractivity contribution is -0.141. The van der Waals surface area contributed by atoms with Crippen LogP contribution in [0.3, 0.4) is 0 Å². The highest BCUT2D eigenvalue weighted by Crippen LogP contribution is 2.35. The molecule has 1 N–H and O–H groups in total. The largest absolute Gasteiger partial charge is 0.480 e. The van der Waals surface area contributed by atoms with Crippen LogP contribution in [-0.4, -0.2) is 36.4 Å². The molecule has 0 spiro atoms. The fourth-order valence-corrected chi connectivity index (χ4v) is 4.10. The Labute approximate surface area is 129 Å². The van der Waals surface area contributed by atoms with Crippen LogP contribution in [0.5, 0.6) is 0 Å². The van der Waals surface area contributed by atoms with Gasteiger partial charge in [-0.1, -0.05) is 0 Å². The number of hydrogen-bond donors (Lipinski definition) is 1. The maximum absolute atomic E-state index is 12.9. The molecule has 0 bridgehead atoms. The van der Waals surface area contributed by atoms with Crippen molar-refractivity contribution in [2.45, 2.75) is 30.0 Å². The number of nitrogens with zero attached hydrogens (tertiary/aromatic N) is 2. The number of rotatable bonds is 3. The van der Waals surface area contributed by atoms with Crippen LogP contribution in [0.2, 0.25) is 0 Å². The topological polar surface area (TPSA) is 98.5 Å². The van der Waals surface area contributed by atoms with Crippen LogP contribution in [-0.2, 0) is 21.0 Å². The van der Waals surface area contributed by atoms with Gasteiger partial charge in [-0.05, 0) is 31.0 Å². The van der Waals surface area contributed by atoms with Gasteiger partial charge in [0, 0.05) is 6.54 Å². The van der Waals surface area contributed by atoms with Crippen molar-refractivity contribution < 1.29 is 31.5 Å². The van der Waals surface area contributed by atoms with E-state index in [0.29, 0.717) is 16.8 Å². The van der Waals surface area contributed by atoms with E-state index in [4.69, 9.17) is 10.4 Å². The maximum atomic E-state index is 12.9. The van der Waals surface area contributed by atoms with Crippen molar-refractivity contribution >= 4 is 16.0 Å². The lowest BCUT2D eigenvalue weighted by Crippen LogP contribution is -2.40. The zero-order chi connectivity index (χ0) is 17.4. The van der Waals surface area contributed by atoms with Crippen LogP contribution >= 0.6 is 0 Å². The normalized spacial score (nSPS) is 19.5. The summed E-state index contributed by atoms with van der Waals surface area (Å²) in [4.78, 5) is 10.4. The molecule has 124 valence electrons. The summed E-state index contributed by atoms with van der Waals surface area (Å²) in [6.07, 6.45) is -4.50. The third-order valence-corrected chi connectivity index (χ3v) is 5.42. The van der Waals surface area contributed by atoms with E-state index < -0.39 is 44.2 Å². The zero-order valence-corrected chi connectivity index (χ0v) is 12.4. The van der Waals surface area contributed by atoms with Gasteiger partial charge in [0.15, 0.2) is 0 Å². The number of hydrogen-bond acceptors (Lipinski definition) is 4. The van der Waals surface area contributed by atoms with Gasteiger partial charge in [-0.15, -0.1) is 0 Å². The molecule has 0 amide bonds. The van der Waals surface area contributed by atoms with E-state index in [1.165, 1.54) is 6.07 Å². The fourth-order valence-electron chi connectivity index (χ4n) is 2.43. The second kappa shape index (κ2) is 5.82. The van der Waals surface area contributed by atoms with Gasteiger partial charge in [0.2, 0.25) is 10.0 Å². The Kier molecular flexibility index (Phi) is 4.37. The van der Waals surface area contributed by atoms with Crippen molar-refractivity contribution in [1.82, 2.24) is 4.31 Å². The van der Waals surface area contributed by atoms with E-state index in [9.17, 15) is 26.4 Å². The molecule has 1 atom stereocenters. The first kappa shape index (κ1) is 17.2. The van der Waals surface area contributed by atoms with Crippen LogP contribution in [0.25, 0.3) is 0 Å². The lowest BCUT2D eigenvalue weighted by Gasteiger charge is -2.21. The van der Waals surface area contributed by atoms with Crippen LogP contribution in [0.1, 0.15) is 24.0 Å². The molecule has 23 heavy (non-hydrogen) atoms. The van der Waals surface area contributed by atoms with Crippen LogP contribution in [0.15, 0.2) is 23.1 Å². The minimum absolute atomic E-state index is 0.0827. The summed E-state index contributed by atoms with van der Waals surface area (Å²) in [7, 11) is -4.40. The predicted molar refractivity (Wildman–Crippen MR) is 70.7 cm³/mol. The lowest BCUT2D eigenvalue weighted by atomic mass is 10.1. The van der Waals surface area contributed by atoms with Gasteiger partial charge >= 0.3 is 12.1 Å². The van der Waals surface area contributed by atoms with E-state index >= 15 is 0 Å². The number of nitriles is 1. The van der Waals surface area contributed by atoms with E-state index in [2.05, 4.69) is 0 Å². The highest BCUT2D eigenvalue weighted by Gasteiger charge is 2.41. The molecule has 1 fully saturated rings. The third kappa shape index (κ3) is 3.16. The molecular weight excluding hydrogens is 337 g/mol. The Hall–Kier alpha value is -2.12. The molecule has 6 nitrogen and oxygen atoms in total. The molecule has 0 saturated carbocycles. The molecule has 2 rings (SSSR count). The van der Waals surface area contributed by atoms with Crippen molar-refractivity contribution in [3.05, 3.63) is 29.3 Å². The second-order valence-electron chi connectivity index (χ2n) is 4.93.